The molecule has 0 saturated heterocycles. The molecule has 0 aliphatic carbocycles. The molecular formula is C15H17NO2. The Morgan fingerprint density at radius 2 is 1.94 bits per heavy atom. The van der Waals surface area contributed by atoms with Gasteiger partial charge in [0.25, 0.3) is 0 Å². The van der Waals surface area contributed by atoms with Crippen LogP contribution >= 0.6 is 0 Å². The highest BCUT2D eigenvalue weighted by Gasteiger charge is 2.10. The first kappa shape index (κ1) is 12.4. The Morgan fingerprint density at radius 1 is 1.11 bits per heavy atom. The maximum atomic E-state index is 10.0. The van der Waals surface area contributed by atoms with Crippen LogP contribution in [0.25, 0.3) is 11.3 Å². The molecule has 2 rings (SSSR count). The van der Waals surface area contributed by atoms with Crippen LogP contribution in [0, 0.1) is 0 Å². The van der Waals surface area contributed by atoms with Gasteiger partial charge in [0, 0.05) is 11.8 Å². The Kier molecular flexibility index (Phi) is 3.82. The molecule has 0 spiro atoms. The Hall–Kier alpha value is -2.03. The number of phenolic OH excluding ortho intramolecular Hbond substituents is 2. The number of pyridine rings is 1. The van der Waals surface area contributed by atoms with E-state index in [1.165, 1.54) is 0 Å². The number of hydrogen-bond donors (Lipinski definition) is 2. The van der Waals surface area contributed by atoms with Crippen molar-refractivity contribution in [3.05, 3.63) is 42.1 Å². The van der Waals surface area contributed by atoms with Gasteiger partial charge in [0.1, 0.15) is 11.5 Å². The van der Waals surface area contributed by atoms with E-state index < -0.39 is 0 Å². The second-order valence-electron chi connectivity index (χ2n) is 4.32. The van der Waals surface area contributed by atoms with Crippen LogP contribution in [0.4, 0.5) is 0 Å². The summed E-state index contributed by atoms with van der Waals surface area (Å²) in [5.41, 5.74) is 2.01. The third-order valence-corrected chi connectivity index (χ3v) is 2.94. The van der Waals surface area contributed by atoms with E-state index in [1.54, 1.807) is 24.4 Å². The van der Waals surface area contributed by atoms with Gasteiger partial charge in [-0.2, -0.15) is 0 Å². The predicted molar refractivity (Wildman–Crippen MR) is 71.6 cm³/mol. The zero-order valence-electron chi connectivity index (χ0n) is 10.4. The van der Waals surface area contributed by atoms with Gasteiger partial charge in [-0.1, -0.05) is 19.4 Å². The normalized spacial score (nSPS) is 10.5. The lowest BCUT2D eigenvalue weighted by Crippen LogP contribution is -1.89. The van der Waals surface area contributed by atoms with Crippen molar-refractivity contribution in [2.75, 3.05) is 0 Å². The topological polar surface area (TPSA) is 53.4 Å². The summed E-state index contributed by atoms with van der Waals surface area (Å²) >= 11 is 0. The third-order valence-electron chi connectivity index (χ3n) is 2.94. The molecule has 0 amide bonds. The van der Waals surface area contributed by atoms with Crippen molar-refractivity contribution in [1.82, 2.24) is 4.98 Å². The summed E-state index contributed by atoms with van der Waals surface area (Å²) < 4.78 is 0. The number of aromatic nitrogens is 1. The molecule has 0 unspecified atom stereocenters. The second-order valence-corrected chi connectivity index (χ2v) is 4.32. The van der Waals surface area contributed by atoms with Crippen LogP contribution in [0.3, 0.4) is 0 Å². The molecular weight excluding hydrogens is 226 g/mol. The van der Waals surface area contributed by atoms with Crippen molar-refractivity contribution in [2.45, 2.75) is 26.2 Å². The van der Waals surface area contributed by atoms with Crippen molar-refractivity contribution in [3.8, 4) is 22.8 Å². The van der Waals surface area contributed by atoms with Crippen LogP contribution in [-0.2, 0) is 6.42 Å². The Bertz CT molecular complexity index is 524. The van der Waals surface area contributed by atoms with E-state index in [4.69, 9.17) is 0 Å². The molecule has 1 heterocycles. The van der Waals surface area contributed by atoms with Crippen LogP contribution in [0.2, 0.25) is 0 Å². The molecule has 1 aromatic heterocycles. The van der Waals surface area contributed by atoms with E-state index in [0.717, 1.165) is 24.8 Å². The minimum Gasteiger partial charge on any atom is -0.508 e. The SMILES string of the molecule is CCCCc1cc(O)c(-c2ccccn2)cc1O. The number of hydrogen-bond acceptors (Lipinski definition) is 3. The average molecular weight is 243 g/mol. The van der Waals surface area contributed by atoms with Gasteiger partial charge in [-0.3, -0.25) is 4.98 Å². The zero-order chi connectivity index (χ0) is 13.0. The first-order valence-electron chi connectivity index (χ1n) is 6.18. The van der Waals surface area contributed by atoms with Gasteiger partial charge in [-0.05, 0) is 42.7 Å². The summed E-state index contributed by atoms with van der Waals surface area (Å²) in [5, 5.41) is 20.0. The fourth-order valence-electron chi connectivity index (χ4n) is 1.91. The maximum Gasteiger partial charge on any atom is 0.125 e. The first-order chi connectivity index (χ1) is 8.72. The summed E-state index contributed by atoms with van der Waals surface area (Å²) in [4.78, 5) is 4.17. The molecule has 2 N–H and O–H groups in total. The number of benzene rings is 1. The van der Waals surface area contributed by atoms with Gasteiger partial charge in [-0.25, -0.2) is 0 Å². The van der Waals surface area contributed by atoms with E-state index in [-0.39, 0.29) is 11.5 Å². The number of aromatic hydroxyl groups is 2. The fraction of sp³-hybridized carbons (Fsp3) is 0.267. The summed E-state index contributed by atoms with van der Waals surface area (Å²) in [7, 11) is 0. The molecule has 2 aromatic rings. The minimum atomic E-state index is 0.164. The second kappa shape index (κ2) is 5.54. The molecule has 94 valence electrons. The molecule has 1 aromatic carbocycles. The molecule has 0 fully saturated rings. The molecule has 0 aliphatic rings. The molecule has 3 nitrogen and oxygen atoms in total. The van der Waals surface area contributed by atoms with Gasteiger partial charge in [-0.15, -0.1) is 0 Å². The van der Waals surface area contributed by atoms with Gasteiger partial charge in [0.2, 0.25) is 0 Å². The minimum absolute atomic E-state index is 0.164. The predicted octanol–water partition coefficient (Wildman–Crippen LogP) is 3.50. The van der Waals surface area contributed by atoms with Crippen LogP contribution in [0.5, 0.6) is 11.5 Å². The highest BCUT2D eigenvalue weighted by atomic mass is 16.3. The maximum absolute atomic E-state index is 10.0. The third kappa shape index (κ3) is 2.62. The lowest BCUT2D eigenvalue weighted by Gasteiger charge is -2.09. The highest BCUT2D eigenvalue weighted by molar-refractivity contribution is 5.69. The lowest BCUT2D eigenvalue weighted by molar-refractivity contribution is 0.454. The van der Waals surface area contributed by atoms with E-state index >= 15 is 0 Å². The monoisotopic (exact) mass is 243 g/mol. The molecule has 0 radical (unpaired) electrons. The molecule has 3 heteroatoms. The number of nitrogens with zero attached hydrogens (tertiary/aromatic N) is 1. The van der Waals surface area contributed by atoms with Crippen LogP contribution in [-0.4, -0.2) is 15.2 Å². The standard InChI is InChI=1S/C15H17NO2/c1-2-3-6-11-9-15(18)12(10-14(11)17)13-7-4-5-8-16-13/h4-5,7-10,17-18H,2-3,6H2,1H3. The smallest absolute Gasteiger partial charge is 0.125 e. The molecule has 18 heavy (non-hydrogen) atoms. The van der Waals surface area contributed by atoms with E-state index in [1.807, 2.05) is 12.1 Å². The zero-order valence-corrected chi connectivity index (χ0v) is 10.4. The average Bonchev–Trinajstić information content (AvgIpc) is 2.40. The first-order valence-corrected chi connectivity index (χ1v) is 6.18. The van der Waals surface area contributed by atoms with Crippen molar-refractivity contribution in [1.29, 1.82) is 0 Å². The van der Waals surface area contributed by atoms with Crippen LogP contribution in [0.15, 0.2) is 36.5 Å². The van der Waals surface area contributed by atoms with Gasteiger partial charge < -0.3 is 10.2 Å². The fourth-order valence-corrected chi connectivity index (χ4v) is 1.91. The van der Waals surface area contributed by atoms with E-state index in [9.17, 15) is 10.2 Å². The molecule has 0 aliphatic heterocycles. The van der Waals surface area contributed by atoms with Gasteiger partial charge >= 0.3 is 0 Å². The quantitative estimate of drug-likeness (QED) is 0.808. The number of rotatable bonds is 4. The summed E-state index contributed by atoms with van der Waals surface area (Å²) in [6.45, 7) is 2.10. The van der Waals surface area contributed by atoms with Crippen molar-refractivity contribution < 1.29 is 10.2 Å². The summed E-state index contributed by atoms with van der Waals surface area (Å²) in [6, 6.07) is 8.69. The van der Waals surface area contributed by atoms with Gasteiger partial charge in [0.15, 0.2) is 0 Å². The summed E-state index contributed by atoms with van der Waals surface area (Å²) in [5.74, 6) is 0.388. The molecule has 0 atom stereocenters. The van der Waals surface area contributed by atoms with Crippen LogP contribution in [0.1, 0.15) is 25.3 Å². The van der Waals surface area contributed by atoms with Crippen molar-refractivity contribution in [2.24, 2.45) is 0 Å². The van der Waals surface area contributed by atoms with Gasteiger partial charge in [0.05, 0.1) is 5.69 Å². The number of phenols is 2. The number of aryl methyl sites for hydroxylation is 1. The number of unbranched alkanes of at least 4 members (excludes halogenated alkanes) is 1. The lowest BCUT2D eigenvalue weighted by atomic mass is 10.0. The van der Waals surface area contributed by atoms with Crippen molar-refractivity contribution >= 4 is 0 Å². The Labute approximate surface area is 107 Å². The van der Waals surface area contributed by atoms with E-state index in [0.29, 0.717) is 11.3 Å². The Balaban J connectivity index is 2.37. The van der Waals surface area contributed by atoms with Crippen molar-refractivity contribution in [3.63, 3.8) is 0 Å². The Morgan fingerprint density at radius 3 is 2.61 bits per heavy atom. The van der Waals surface area contributed by atoms with Crippen LogP contribution < -0.4 is 0 Å². The molecule has 0 bridgehead atoms. The largest absolute Gasteiger partial charge is 0.508 e. The van der Waals surface area contributed by atoms with E-state index in [2.05, 4.69) is 11.9 Å². The highest BCUT2D eigenvalue weighted by Crippen LogP contribution is 2.34. The molecule has 0 saturated carbocycles. The summed E-state index contributed by atoms with van der Waals surface area (Å²) in [6.07, 6.45) is 4.49.